The van der Waals surface area contributed by atoms with Crippen molar-refractivity contribution in [1.29, 1.82) is 0 Å². The second-order valence-electron chi connectivity index (χ2n) is 12.8. The third-order valence-electron chi connectivity index (χ3n) is 9.78. The van der Waals surface area contributed by atoms with Crippen molar-refractivity contribution in [2.45, 2.75) is 68.6 Å². The number of aliphatic hydroxyl groups is 5. The molecule has 254 valence electrons. The van der Waals surface area contributed by atoms with Gasteiger partial charge in [0.1, 0.15) is 36.2 Å². The third kappa shape index (κ3) is 8.32. The first kappa shape index (κ1) is 34.8. The highest BCUT2D eigenvalue weighted by Gasteiger charge is 2.45. The number of β-amino-alcohol motifs (C(OH)–C–C–N with tert-alkyl or cyclic N) is 1. The van der Waals surface area contributed by atoms with Crippen molar-refractivity contribution in [3.05, 3.63) is 47.0 Å². The van der Waals surface area contributed by atoms with Gasteiger partial charge in [0.05, 0.1) is 42.8 Å². The number of fused-ring (bicyclic) bond motifs is 1. The lowest BCUT2D eigenvalue weighted by Gasteiger charge is -2.32. The molecule has 3 aliphatic heterocycles. The number of hydrogen-bond donors (Lipinski definition) is 5. The van der Waals surface area contributed by atoms with Gasteiger partial charge >= 0.3 is 0 Å². The van der Waals surface area contributed by atoms with E-state index >= 15 is 4.39 Å². The van der Waals surface area contributed by atoms with Gasteiger partial charge in [-0.3, -0.25) is 9.80 Å². The highest BCUT2D eigenvalue weighted by atomic mass is 35.5. The maximum atomic E-state index is 15.3. The van der Waals surface area contributed by atoms with Crippen LogP contribution in [-0.4, -0.2) is 135 Å². The molecule has 4 heterocycles. The number of ether oxygens (including phenoxy) is 1. The van der Waals surface area contributed by atoms with E-state index in [-0.39, 0.29) is 24.1 Å². The predicted octanol–water partition coefficient (Wildman–Crippen LogP) is 1.03. The Morgan fingerprint density at radius 1 is 1.02 bits per heavy atom. The number of carbonyl (C=O) groups is 1. The molecule has 0 amide bonds. The molecule has 7 atom stereocenters. The third-order valence-corrected chi connectivity index (χ3v) is 9.98. The average molecular weight is 666 g/mol. The number of carbonyl (C=O) groups excluding carboxylic acids is 1. The van der Waals surface area contributed by atoms with E-state index in [9.17, 15) is 25.2 Å². The van der Waals surface area contributed by atoms with Crippen molar-refractivity contribution in [2.75, 3.05) is 57.4 Å². The maximum absolute atomic E-state index is 15.3. The minimum Gasteiger partial charge on any atom is -0.493 e. The first-order valence-corrected chi connectivity index (χ1v) is 16.5. The number of likely N-dealkylation sites (tertiary alicyclic amines) is 2. The van der Waals surface area contributed by atoms with Crippen LogP contribution in [0.3, 0.4) is 0 Å². The SMILES string of the molecule is O=CC(c1ccc(OCCCC2CCN(c3ncc(Cl)cn3)CC2)cc1F)N1C[C@H]2CCN(C[C@H](O)[C@@H](O)[C@H](O)[C@H](O)CO)[C@H]2C1. The minimum atomic E-state index is -1.69. The summed E-state index contributed by atoms with van der Waals surface area (Å²) in [4.78, 5) is 26.9. The molecule has 46 heavy (non-hydrogen) atoms. The van der Waals surface area contributed by atoms with Gasteiger partial charge in [0.25, 0.3) is 0 Å². The van der Waals surface area contributed by atoms with Crippen molar-refractivity contribution >= 4 is 23.8 Å². The summed E-state index contributed by atoms with van der Waals surface area (Å²) in [6.07, 6.45) is 2.49. The molecule has 3 aliphatic rings. The summed E-state index contributed by atoms with van der Waals surface area (Å²) >= 11 is 5.89. The predicted molar refractivity (Wildman–Crippen MR) is 168 cm³/mol. The quantitative estimate of drug-likeness (QED) is 0.136. The molecular formula is C32H45ClFN5O7. The van der Waals surface area contributed by atoms with E-state index in [1.54, 1.807) is 24.5 Å². The zero-order valence-electron chi connectivity index (χ0n) is 25.8. The molecule has 5 rings (SSSR count). The lowest BCUT2D eigenvalue weighted by molar-refractivity contribution is -0.120. The Hall–Kier alpha value is -2.49. The molecule has 1 unspecified atom stereocenters. The fourth-order valence-electron chi connectivity index (χ4n) is 7.09. The first-order valence-electron chi connectivity index (χ1n) is 16.1. The second-order valence-corrected chi connectivity index (χ2v) is 13.2. The topological polar surface area (TPSA) is 163 Å². The molecule has 0 radical (unpaired) electrons. The average Bonchev–Trinajstić information content (AvgIpc) is 3.65. The van der Waals surface area contributed by atoms with E-state index in [1.807, 2.05) is 9.80 Å². The number of rotatable bonds is 15. The smallest absolute Gasteiger partial charge is 0.225 e. The summed E-state index contributed by atoms with van der Waals surface area (Å²) in [6, 6.07) is 3.85. The zero-order valence-corrected chi connectivity index (χ0v) is 26.6. The van der Waals surface area contributed by atoms with Crippen molar-refractivity contribution in [2.24, 2.45) is 11.8 Å². The molecule has 3 saturated heterocycles. The van der Waals surface area contributed by atoms with Crippen LogP contribution in [0.5, 0.6) is 5.75 Å². The van der Waals surface area contributed by atoms with E-state index in [1.165, 1.54) is 6.07 Å². The van der Waals surface area contributed by atoms with Gasteiger partial charge in [-0.25, -0.2) is 14.4 Å². The van der Waals surface area contributed by atoms with Crippen LogP contribution in [-0.2, 0) is 4.79 Å². The fourth-order valence-corrected chi connectivity index (χ4v) is 7.19. The second kappa shape index (κ2) is 16.1. The van der Waals surface area contributed by atoms with E-state index in [4.69, 9.17) is 21.4 Å². The van der Waals surface area contributed by atoms with E-state index < -0.39 is 42.9 Å². The number of aromatic nitrogens is 2. The lowest BCUT2D eigenvalue weighted by atomic mass is 9.92. The molecule has 1 aromatic carbocycles. The number of nitrogens with zero attached hydrogens (tertiary/aromatic N) is 5. The standard InChI is InChI=1S/C32H45ClFN5O7/c33-22-13-35-32(36-14-22)37-8-5-20(6-9-37)2-1-11-46-23-3-4-24(25(34)12-23)27(18-40)39-15-21-7-10-38(26(21)16-39)17-28(42)30(44)31(45)29(43)19-41/h3-4,12-14,18,20-21,26-31,41-45H,1-2,5-11,15-17,19H2/t21-,26+,27?,28+,29-,30-,31-/m1/s1. The normalized spacial score (nSPS) is 24.4. The summed E-state index contributed by atoms with van der Waals surface area (Å²) in [5, 5.41) is 49.8. The van der Waals surface area contributed by atoms with Crippen molar-refractivity contribution in [1.82, 2.24) is 19.8 Å². The summed E-state index contributed by atoms with van der Waals surface area (Å²) in [7, 11) is 0. The number of aldehydes is 1. The van der Waals surface area contributed by atoms with Crippen LogP contribution in [0, 0.1) is 17.7 Å². The molecule has 0 spiro atoms. The fraction of sp³-hybridized carbons (Fsp3) is 0.656. The number of anilines is 1. The molecular weight excluding hydrogens is 621 g/mol. The Balaban J connectivity index is 1.07. The molecule has 2 aromatic rings. The van der Waals surface area contributed by atoms with Gasteiger partial charge in [-0.1, -0.05) is 17.7 Å². The Kier molecular flexibility index (Phi) is 12.2. The number of piperidine rings is 1. The maximum Gasteiger partial charge on any atom is 0.225 e. The van der Waals surface area contributed by atoms with Crippen LogP contribution >= 0.6 is 11.6 Å². The highest BCUT2D eigenvalue weighted by molar-refractivity contribution is 6.30. The van der Waals surface area contributed by atoms with Crippen molar-refractivity contribution in [3.63, 3.8) is 0 Å². The monoisotopic (exact) mass is 665 g/mol. The van der Waals surface area contributed by atoms with E-state index in [0.29, 0.717) is 48.9 Å². The van der Waals surface area contributed by atoms with Gasteiger partial charge in [0.15, 0.2) is 0 Å². The van der Waals surface area contributed by atoms with Gasteiger partial charge in [-0.05, 0) is 56.6 Å². The number of benzene rings is 1. The molecule has 14 heteroatoms. The Morgan fingerprint density at radius 2 is 1.74 bits per heavy atom. The molecule has 0 aliphatic carbocycles. The van der Waals surface area contributed by atoms with Crippen LogP contribution in [0.4, 0.5) is 10.3 Å². The highest BCUT2D eigenvalue weighted by Crippen LogP contribution is 2.37. The van der Waals surface area contributed by atoms with E-state index in [0.717, 1.165) is 51.5 Å². The Bertz CT molecular complexity index is 1270. The van der Waals surface area contributed by atoms with Gasteiger partial charge in [-0.2, -0.15) is 0 Å². The summed E-state index contributed by atoms with van der Waals surface area (Å²) in [5.41, 5.74) is 0.280. The van der Waals surface area contributed by atoms with Crippen LogP contribution in [0.15, 0.2) is 30.6 Å². The Morgan fingerprint density at radius 3 is 2.41 bits per heavy atom. The largest absolute Gasteiger partial charge is 0.493 e. The summed E-state index contributed by atoms with van der Waals surface area (Å²) in [6.45, 7) is 3.28. The van der Waals surface area contributed by atoms with E-state index in [2.05, 4.69) is 14.9 Å². The zero-order chi connectivity index (χ0) is 32.8. The summed E-state index contributed by atoms with van der Waals surface area (Å²) < 4.78 is 21.2. The molecule has 0 saturated carbocycles. The molecule has 1 aromatic heterocycles. The number of halogens is 2. The number of hydrogen-bond acceptors (Lipinski definition) is 12. The lowest BCUT2D eigenvalue weighted by Crippen LogP contribution is -2.51. The van der Waals surface area contributed by atoms with Crippen molar-refractivity contribution < 1.29 is 39.5 Å². The first-order chi connectivity index (χ1) is 22.2. The minimum absolute atomic E-state index is 0.0205. The molecule has 5 N–H and O–H groups in total. The van der Waals surface area contributed by atoms with Crippen molar-refractivity contribution in [3.8, 4) is 5.75 Å². The van der Waals surface area contributed by atoms with Crippen LogP contribution in [0.25, 0.3) is 0 Å². The molecule has 3 fully saturated rings. The van der Waals surface area contributed by atoms with Gasteiger partial charge in [0, 0.05) is 50.4 Å². The van der Waals surface area contributed by atoms with Gasteiger partial charge in [0.2, 0.25) is 5.95 Å². The Labute approximate surface area is 273 Å². The summed E-state index contributed by atoms with van der Waals surface area (Å²) in [5.74, 6) is 1.40. The van der Waals surface area contributed by atoms with Crippen LogP contribution < -0.4 is 9.64 Å². The van der Waals surface area contributed by atoms with Gasteiger partial charge < -0.3 is 40.0 Å². The number of aliphatic hydroxyl groups excluding tert-OH is 5. The van der Waals surface area contributed by atoms with Crippen LogP contribution in [0.1, 0.15) is 43.7 Å². The molecule has 12 nitrogen and oxygen atoms in total. The molecule has 0 bridgehead atoms. The van der Waals surface area contributed by atoms with Crippen LogP contribution in [0.2, 0.25) is 5.02 Å². The van der Waals surface area contributed by atoms with Gasteiger partial charge in [-0.15, -0.1) is 0 Å².